The Kier molecular flexibility index (Phi) is 5.21. The predicted molar refractivity (Wildman–Crippen MR) is 108 cm³/mol. The van der Waals surface area contributed by atoms with Gasteiger partial charge >= 0.3 is 0 Å². The summed E-state index contributed by atoms with van der Waals surface area (Å²) in [6.45, 7) is 7.12. The molecule has 0 saturated carbocycles. The third-order valence-electron chi connectivity index (χ3n) is 4.95. The second kappa shape index (κ2) is 7.93. The molecule has 146 valence electrons. The highest BCUT2D eigenvalue weighted by molar-refractivity contribution is 5.73. The number of H-pyrrole nitrogens is 1. The van der Waals surface area contributed by atoms with Gasteiger partial charge in [-0.2, -0.15) is 5.10 Å². The normalized spacial score (nSPS) is 17.2. The minimum atomic E-state index is 0.140. The zero-order chi connectivity index (χ0) is 19.5. The lowest BCUT2D eigenvalue weighted by molar-refractivity contribution is 0.385. The Labute approximate surface area is 164 Å². The van der Waals surface area contributed by atoms with Gasteiger partial charge in [-0.05, 0) is 30.0 Å². The van der Waals surface area contributed by atoms with Gasteiger partial charge in [-0.3, -0.25) is 5.10 Å². The van der Waals surface area contributed by atoms with E-state index in [9.17, 15) is 5.11 Å². The molecule has 1 unspecified atom stereocenters. The van der Waals surface area contributed by atoms with Crippen LogP contribution in [0.3, 0.4) is 0 Å². The van der Waals surface area contributed by atoms with Gasteiger partial charge in [0.05, 0.1) is 12.4 Å². The maximum atomic E-state index is 10.4. The Hall–Kier alpha value is -3.00. The Bertz CT molecular complexity index is 909. The zero-order valence-corrected chi connectivity index (χ0v) is 16.1. The molecule has 2 aromatic heterocycles. The summed E-state index contributed by atoms with van der Waals surface area (Å²) in [5, 5.41) is 29.3. The van der Waals surface area contributed by atoms with Crippen molar-refractivity contribution in [1.82, 2.24) is 30.7 Å². The fourth-order valence-corrected chi connectivity index (χ4v) is 3.61. The Morgan fingerprint density at radius 2 is 2.11 bits per heavy atom. The van der Waals surface area contributed by atoms with Crippen LogP contribution in [0.1, 0.15) is 20.3 Å². The van der Waals surface area contributed by atoms with E-state index in [-0.39, 0.29) is 5.75 Å². The van der Waals surface area contributed by atoms with Crippen LogP contribution in [0.5, 0.6) is 5.75 Å². The molecule has 28 heavy (non-hydrogen) atoms. The Morgan fingerprint density at radius 3 is 2.79 bits per heavy atom. The third kappa shape index (κ3) is 3.96. The molecule has 0 aliphatic carbocycles. The third-order valence-corrected chi connectivity index (χ3v) is 4.95. The van der Waals surface area contributed by atoms with Crippen LogP contribution in [-0.4, -0.2) is 56.2 Å². The first-order valence-corrected chi connectivity index (χ1v) is 9.60. The highest BCUT2D eigenvalue weighted by Gasteiger charge is 2.22. The minimum absolute atomic E-state index is 0.140. The molecule has 0 spiro atoms. The number of benzene rings is 1. The lowest BCUT2D eigenvalue weighted by Gasteiger charge is -2.34. The maximum Gasteiger partial charge on any atom is 0.245 e. The topological polar surface area (TPSA) is 103 Å². The van der Waals surface area contributed by atoms with Crippen molar-refractivity contribution in [2.45, 2.75) is 26.3 Å². The molecule has 1 aromatic carbocycles. The van der Waals surface area contributed by atoms with Crippen molar-refractivity contribution in [1.29, 1.82) is 0 Å². The van der Waals surface area contributed by atoms with Crippen LogP contribution < -0.4 is 10.2 Å². The molecule has 1 saturated heterocycles. The molecular formula is C20H25N7O. The zero-order valence-electron chi connectivity index (χ0n) is 16.1. The SMILES string of the molecule is CC(C)CC1CN(c2ncc(-c3ccc(-c4cn[nH]c4)cc3O)nn2)CCN1. The molecule has 3 N–H and O–H groups in total. The molecule has 0 radical (unpaired) electrons. The molecule has 1 atom stereocenters. The first kappa shape index (κ1) is 18.4. The van der Waals surface area contributed by atoms with E-state index in [1.165, 1.54) is 0 Å². The van der Waals surface area contributed by atoms with Gasteiger partial charge in [0.25, 0.3) is 0 Å². The number of phenols is 1. The average molecular weight is 379 g/mol. The molecule has 1 aliphatic rings. The summed E-state index contributed by atoms with van der Waals surface area (Å²) in [4.78, 5) is 6.67. The largest absolute Gasteiger partial charge is 0.507 e. The molecule has 1 fully saturated rings. The number of nitrogens with zero attached hydrogens (tertiary/aromatic N) is 5. The second-order valence-corrected chi connectivity index (χ2v) is 7.59. The first-order valence-electron chi connectivity index (χ1n) is 9.60. The number of nitrogens with one attached hydrogen (secondary N) is 2. The lowest BCUT2D eigenvalue weighted by Crippen LogP contribution is -2.51. The van der Waals surface area contributed by atoms with Crippen molar-refractivity contribution < 1.29 is 5.11 Å². The summed E-state index contributed by atoms with van der Waals surface area (Å²) in [7, 11) is 0. The molecule has 8 heteroatoms. The van der Waals surface area contributed by atoms with Crippen molar-refractivity contribution >= 4 is 5.95 Å². The van der Waals surface area contributed by atoms with Gasteiger partial charge in [-0.1, -0.05) is 19.9 Å². The highest BCUT2D eigenvalue weighted by Crippen LogP contribution is 2.31. The summed E-state index contributed by atoms with van der Waals surface area (Å²) in [6, 6.07) is 5.88. The van der Waals surface area contributed by atoms with Gasteiger partial charge in [0, 0.05) is 43.0 Å². The molecule has 0 bridgehead atoms. The van der Waals surface area contributed by atoms with E-state index in [1.807, 2.05) is 12.1 Å². The lowest BCUT2D eigenvalue weighted by atomic mass is 10.0. The smallest absolute Gasteiger partial charge is 0.245 e. The fourth-order valence-electron chi connectivity index (χ4n) is 3.61. The summed E-state index contributed by atoms with van der Waals surface area (Å²) in [6.07, 6.45) is 6.29. The molecule has 1 aliphatic heterocycles. The van der Waals surface area contributed by atoms with Crippen molar-refractivity contribution in [3.8, 4) is 28.1 Å². The van der Waals surface area contributed by atoms with Crippen LogP contribution in [0, 0.1) is 5.92 Å². The minimum Gasteiger partial charge on any atom is -0.507 e. The Morgan fingerprint density at radius 1 is 1.21 bits per heavy atom. The quantitative estimate of drug-likeness (QED) is 0.626. The first-order chi connectivity index (χ1) is 13.6. The van der Waals surface area contributed by atoms with E-state index in [1.54, 1.807) is 24.7 Å². The number of hydrogen-bond acceptors (Lipinski definition) is 7. The van der Waals surface area contributed by atoms with Crippen LogP contribution in [0.15, 0.2) is 36.8 Å². The van der Waals surface area contributed by atoms with Gasteiger partial charge in [0.15, 0.2) is 0 Å². The fraction of sp³-hybridized carbons (Fsp3) is 0.400. The van der Waals surface area contributed by atoms with E-state index >= 15 is 0 Å². The van der Waals surface area contributed by atoms with E-state index in [4.69, 9.17) is 0 Å². The van der Waals surface area contributed by atoms with Crippen molar-refractivity contribution in [2.75, 3.05) is 24.5 Å². The van der Waals surface area contributed by atoms with Crippen molar-refractivity contribution in [3.05, 3.63) is 36.8 Å². The van der Waals surface area contributed by atoms with Crippen LogP contribution in [-0.2, 0) is 0 Å². The van der Waals surface area contributed by atoms with Gasteiger partial charge in [0.1, 0.15) is 11.4 Å². The van der Waals surface area contributed by atoms with Crippen LogP contribution in [0.25, 0.3) is 22.4 Å². The van der Waals surface area contributed by atoms with Crippen LogP contribution >= 0.6 is 0 Å². The molecule has 0 amide bonds. The number of anilines is 1. The van der Waals surface area contributed by atoms with Crippen molar-refractivity contribution in [2.24, 2.45) is 5.92 Å². The van der Waals surface area contributed by atoms with Gasteiger partial charge in [-0.15, -0.1) is 10.2 Å². The number of aromatic amines is 1. The van der Waals surface area contributed by atoms with Gasteiger partial charge in [-0.25, -0.2) is 4.98 Å². The van der Waals surface area contributed by atoms with E-state index in [0.29, 0.717) is 29.2 Å². The van der Waals surface area contributed by atoms with E-state index in [2.05, 4.69) is 49.4 Å². The monoisotopic (exact) mass is 379 g/mol. The van der Waals surface area contributed by atoms with Crippen LogP contribution in [0.2, 0.25) is 0 Å². The number of aromatic hydroxyl groups is 1. The standard InChI is InChI=1S/C20H25N7O/c1-13(2)7-16-12-27(6-5-21-16)20-22-11-18(25-26-20)17-4-3-14(8-19(17)28)15-9-23-24-10-15/h3-4,8-11,13,16,21,28H,5-7,12H2,1-2H3,(H,23,24). The summed E-state index contributed by atoms with van der Waals surface area (Å²) in [5.74, 6) is 1.42. The predicted octanol–water partition coefficient (Wildman–Crippen LogP) is 2.46. The van der Waals surface area contributed by atoms with E-state index in [0.717, 1.165) is 37.2 Å². The number of aromatic nitrogens is 5. The molecular weight excluding hydrogens is 354 g/mol. The summed E-state index contributed by atoms with van der Waals surface area (Å²) >= 11 is 0. The summed E-state index contributed by atoms with van der Waals surface area (Å²) < 4.78 is 0. The van der Waals surface area contributed by atoms with Crippen LogP contribution in [0.4, 0.5) is 5.95 Å². The van der Waals surface area contributed by atoms with E-state index < -0.39 is 0 Å². The molecule has 3 aromatic rings. The number of piperazine rings is 1. The molecule has 4 rings (SSSR count). The number of phenolic OH excluding ortho intramolecular Hbond substituents is 1. The molecule has 3 heterocycles. The second-order valence-electron chi connectivity index (χ2n) is 7.59. The average Bonchev–Trinajstić information content (AvgIpc) is 3.23. The van der Waals surface area contributed by atoms with Gasteiger partial charge < -0.3 is 15.3 Å². The number of hydrogen-bond donors (Lipinski definition) is 3. The Balaban J connectivity index is 1.50. The maximum absolute atomic E-state index is 10.4. The van der Waals surface area contributed by atoms with Crippen molar-refractivity contribution in [3.63, 3.8) is 0 Å². The van der Waals surface area contributed by atoms with Gasteiger partial charge in [0.2, 0.25) is 5.95 Å². The number of rotatable bonds is 5. The molecule has 8 nitrogen and oxygen atoms in total. The highest BCUT2D eigenvalue weighted by atomic mass is 16.3. The summed E-state index contributed by atoms with van der Waals surface area (Å²) in [5.41, 5.74) is 2.95.